The van der Waals surface area contributed by atoms with Gasteiger partial charge < -0.3 is 10.6 Å². The lowest BCUT2D eigenvalue weighted by molar-refractivity contribution is 0.0533. The summed E-state index contributed by atoms with van der Waals surface area (Å²) in [6, 6.07) is 14.2. The summed E-state index contributed by atoms with van der Waals surface area (Å²) >= 11 is 0. The van der Waals surface area contributed by atoms with Crippen molar-refractivity contribution < 1.29 is 4.79 Å². The molecule has 1 heterocycles. The summed E-state index contributed by atoms with van der Waals surface area (Å²) in [5.41, 5.74) is 6.89. The van der Waals surface area contributed by atoms with Gasteiger partial charge in [-0.3, -0.25) is 4.79 Å². The van der Waals surface area contributed by atoms with E-state index in [2.05, 4.69) is 19.9 Å². The van der Waals surface area contributed by atoms with Crippen LogP contribution >= 0.6 is 0 Å². The highest BCUT2D eigenvalue weighted by molar-refractivity contribution is 5.98. The molecule has 2 aromatic rings. The van der Waals surface area contributed by atoms with Crippen LogP contribution in [0.1, 0.15) is 30.6 Å². The van der Waals surface area contributed by atoms with Crippen molar-refractivity contribution in [2.45, 2.75) is 26.3 Å². The van der Waals surface area contributed by atoms with E-state index >= 15 is 0 Å². The van der Waals surface area contributed by atoms with E-state index in [4.69, 9.17) is 5.73 Å². The van der Waals surface area contributed by atoms with Crippen molar-refractivity contribution in [3.05, 3.63) is 48.0 Å². The molecule has 3 heteroatoms. The topological polar surface area (TPSA) is 46.3 Å². The minimum absolute atomic E-state index is 0.0231. The molecule has 1 saturated heterocycles. The molecule has 0 saturated carbocycles. The van der Waals surface area contributed by atoms with E-state index in [0.717, 1.165) is 35.8 Å². The fourth-order valence-corrected chi connectivity index (χ4v) is 3.05. The zero-order valence-corrected chi connectivity index (χ0v) is 12.7. The van der Waals surface area contributed by atoms with Crippen molar-refractivity contribution in [2.24, 2.45) is 11.1 Å². The highest BCUT2D eigenvalue weighted by Gasteiger charge is 2.35. The van der Waals surface area contributed by atoms with Crippen molar-refractivity contribution in [2.75, 3.05) is 13.1 Å². The van der Waals surface area contributed by atoms with Crippen LogP contribution in [0, 0.1) is 5.41 Å². The molecule has 1 amide bonds. The molecule has 0 aliphatic carbocycles. The number of hydrogen-bond acceptors (Lipinski definition) is 2. The molecular formula is C18H22N2O. The lowest BCUT2D eigenvalue weighted by atomic mass is 9.79. The number of likely N-dealkylation sites (tertiary alicyclic amines) is 1. The van der Waals surface area contributed by atoms with E-state index in [-0.39, 0.29) is 17.4 Å². The fourth-order valence-electron chi connectivity index (χ4n) is 3.05. The minimum Gasteiger partial charge on any atom is -0.338 e. The largest absolute Gasteiger partial charge is 0.338 e. The first-order valence-corrected chi connectivity index (χ1v) is 7.51. The summed E-state index contributed by atoms with van der Waals surface area (Å²) in [7, 11) is 0. The maximum absolute atomic E-state index is 12.7. The number of rotatable bonds is 1. The minimum atomic E-state index is -0.0231. The molecule has 21 heavy (non-hydrogen) atoms. The third kappa shape index (κ3) is 2.66. The molecule has 0 radical (unpaired) electrons. The molecule has 2 aromatic carbocycles. The Kier molecular flexibility index (Phi) is 3.46. The van der Waals surface area contributed by atoms with E-state index < -0.39 is 0 Å². The summed E-state index contributed by atoms with van der Waals surface area (Å²) in [6.45, 7) is 5.74. The summed E-state index contributed by atoms with van der Waals surface area (Å²) < 4.78 is 0. The van der Waals surface area contributed by atoms with Crippen molar-refractivity contribution in [3.8, 4) is 0 Å². The predicted molar refractivity (Wildman–Crippen MR) is 86.2 cm³/mol. The molecule has 0 aromatic heterocycles. The van der Waals surface area contributed by atoms with Gasteiger partial charge in [0.25, 0.3) is 5.91 Å². The van der Waals surface area contributed by atoms with Gasteiger partial charge in [0.1, 0.15) is 0 Å². The Morgan fingerprint density at radius 1 is 1.19 bits per heavy atom. The lowest BCUT2D eigenvalue weighted by Gasteiger charge is -2.42. The predicted octanol–water partition coefficient (Wildman–Crippen LogP) is 3.04. The monoisotopic (exact) mass is 282 g/mol. The molecule has 1 fully saturated rings. The average molecular weight is 282 g/mol. The normalized spacial score (nSPS) is 21.5. The number of benzene rings is 2. The Bertz CT molecular complexity index is 678. The third-order valence-electron chi connectivity index (χ3n) is 4.60. The van der Waals surface area contributed by atoms with Gasteiger partial charge in [-0.1, -0.05) is 44.2 Å². The number of nitrogens with zero attached hydrogens (tertiary/aromatic N) is 1. The number of carbonyl (C=O) groups is 1. The van der Waals surface area contributed by atoms with E-state index in [1.807, 2.05) is 41.3 Å². The fraction of sp³-hybridized carbons (Fsp3) is 0.389. The molecule has 2 N–H and O–H groups in total. The smallest absolute Gasteiger partial charge is 0.253 e. The Hall–Kier alpha value is -1.87. The highest BCUT2D eigenvalue weighted by Crippen LogP contribution is 2.29. The zero-order chi connectivity index (χ0) is 15.0. The van der Waals surface area contributed by atoms with Crippen LogP contribution in [0.4, 0.5) is 0 Å². The third-order valence-corrected chi connectivity index (χ3v) is 4.60. The van der Waals surface area contributed by atoms with Crippen LogP contribution in [0.3, 0.4) is 0 Å². The van der Waals surface area contributed by atoms with Crippen molar-refractivity contribution in [1.29, 1.82) is 0 Å². The second-order valence-corrected chi connectivity index (χ2v) is 6.67. The van der Waals surface area contributed by atoms with Crippen LogP contribution in [0.15, 0.2) is 42.5 Å². The quantitative estimate of drug-likeness (QED) is 0.874. The second kappa shape index (κ2) is 5.15. The maximum atomic E-state index is 12.7. The van der Waals surface area contributed by atoms with Crippen LogP contribution in [0.5, 0.6) is 0 Å². The Morgan fingerprint density at radius 2 is 1.90 bits per heavy atom. The Labute approximate surface area is 125 Å². The van der Waals surface area contributed by atoms with Crippen LogP contribution in [0.25, 0.3) is 10.8 Å². The summed E-state index contributed by atoms with van der Waals surface area (Å²) in [4.78, 5) is 14.7. The van der Waals surface area contributed by atoms with Gasteiger partial charge in [-0.05, 0) is 34.7 Å². The van der Waals surface area contributed by atoms with Crippen LogP contribution in [-0.4, -0.2) is 29.9 Å². The second-order valence-electron chi connectivity index (χ2n) is 6.67. The molecule has 110 valence electrons. The van der Waals surface area contributed by atoms with E-state index in [0.29, 0.717) is 0 Å². The Balaban J connectivity index is 1.87. The molecule has 1 unspecified atom stereocenters. The first kappa shape index (κ1) is 14.1. The van der Waals surface area contributed by atoms with Gasteiger partial charge in [-0.2, -0.15) is 0 Å². The van der Waals surface area contributed by atoms with Crippen molar-refractivity contribution in [3.63, 3.8) is 0 Å². The number of nitrogens with two attached hydrogens (primary N) is 1. The number of hydrogen-bond donors (Lipinski definition) is 1. The van der Waals surface area contributed by atoms with Gasteiger partial charge >= 0.3 is 0 Å². The standard InChI is InChI=1S/C18H22N2O/c1-18(2)12-20(10-9-16(18)19)17(21)15-8-7-13-5-3-4-6-14(13)11-15/h3-8,11,16H,9-10,12,19H2,1-2H3. The average Bonchev–Trinajstić information content (AvgIpc) is 2.48. The summed E-state index contributed by atoms with van der Waals surface area (Å²) in [5.74, 6) is 0.112. The molecule has 1 atom stereocenters. The SMILES string of the molecule is CC1(C)CN(C(=O)c2ccc3ccccc3c2)CCC1N. The van der Waals surface area contributed by atoms with Gasteiger partial charge in [0.05, 0.1) is 0 Å². The molecule has 0 bridgehead atoms. The molecule has 1 aliphatic heterocycles. The van der Waals surface area contributed by atoms with E-state index in [1.54, 1.807) is 0 Å². The summed E-state index contributed by atoms with van der Waals surface area (Å²) in [6.07, 6.45) is 0.867. The number of amides is 1. The summed E-state index contributed by atoms with van der Waals surface area (Å²) in [5, 5.41) is 2.27. The van der Waals surface area contributed by atoms with Gasteiger partial charge in [0.2, 0.25) is 0 Å². The molecular weight excluding hydrogens is 260 g/mol. The maximum Gasteiger partial charge on any atom is 0.253 e. The molecule has 0 spiro atoms. The molecule has 1 aliphatic rings. The van der Waals surface area contributed by atoms with Gasteiger partial charge in [0, 0.05) is 24.7 Å². The number of carbonyl (C=O) groups excluding carboxylic acids is 1. The first-order chi connectivity index (χ1) is 9.97. The van der Waals surface area contributed by atoms with Crippen molar-refractivity contribution >= 4 is 16.7 Å². The van der Waals surface area contributed by atoms with Gasteiger partial charge in [-0.25, -0.2) is 0 Å². The van der Waals surface area contributed by atoms with Crippen LogP contribution in [0.2, 0.25) is 0 Å². The van der Waals surface area contributed by atoms with Crippen LogP contribution in [-0.2, 0) is 0 Å². The Morgan fingerprint density at radius 3 is 2.62 bits per heavy atom. The number of piperidine rings is 1. The molecule has 3 nitrogen and oxygen atoms in total. The lowest BCUT2D eigenvalue weighted by Crippen LogP contribution is -2.53. The highest BCUT2D eigenvalue weighted by atomic mass is 16.2. The van der Waals surface area contributed by atoms with E-state index in [1.165, 1.54) is 0 Å². The van der Waals surface area contributed by atoms with E-state index in [9.17, 15) is 4.79 Å². The number of fused-ring (bicyclic) bond motifs is 1. The first-order valence-electron chi connectivity index (χ1n) is 7.51. The van der Waals surface area contributed by atoms with Gasteiger partial charge in [0.15, 0.2) is 0 Å². The molecule has 3 rings (SSSR count). The van der Waals surface area contributed by atoms with Crippen LogP contribution < -0.4 is 5.73 Å². The van der Waals surface area contributed by atoms with Gasteiger partial charge in [-0.15, -0.1) is 0 Å². The van der Waals surface area contributed by atoms with Crippen molar-refractivity contribution in [1.82, 2.24) is 4.90 Å². The zero-order valence-electron chi connectivity index (χ0n) is 12.7.